The van der Waals surface area contributed by atoms with Crippen LogP contribution in [-0.2, 0) is 0 Å². The topological polar surface area (TPSA) is 38.1 Å². The third kappa shape index (κ3) is 3.24. The molecule has 4 rings (SSSR count). The van der Waals surface area contributed by atoms with Gasteiger partial charge in [0.05, 0.1) is 6.20 Å². The first kappa shape index (κ1) is 16.2. The molecule has 3 nitrogen and oxygen atoms in total. The Morgan fingerprint density at radius 2 is 1.54 bits per heavy atom. The van der Waals surface area contributed by atoms with E-state index in [1.54, 1.807) is 6.20 Å². The molecular weight excluding hydrogens is 320 g/mol. The Hall–Kier alpha value is -3.33. The first-order chi connectivity index (χ1) is 12.8. The fourth-order valence-corrected chi connectivity index (χ4v) is 3.06. The summed E-state index contributed by atoms with van der Waals surface area (Å²) in [6.45, 7) is 2.97. The minimum atomic E-state index is 0.633. The fraction of sp³-hybridized carbons (Fsp3) is 0.0870. The summed E-state index contributed by atoms with van der Waals surface area (Å²) in [5.41, 5.74) is 5.35. The van der Waals surface area contributed by atoms with E-state index in [0.29, 0.717) is 5.89 Å². The van der Waals surface area contributed by atoms with Gasteiger partial charge in [-0.25, -0.2) is 4.98 Å². The summed E-state index contributed by atoms with van der Waals surface area (Å²) in [5.74, 6) is 1.40. The van der Waals surface area contributed by atoms with Crippen LogP contribution in [0.15, 0.2) is 89.5 Å². The summed E-state index contributed by atoms with van der Waals surface area (Å²) in [5, 5.41) is 3.32. The summed E-state index contributed by atoms with van der Waals surface area (Å²) in [6.07, 6.45) is 1.79. The zero-order valence-electron chi connectivity index (χ0n) is 14.6. The number of rotatable bonds is 5. The lowest BCUT2D eigenvalue weighted by Gasteiger charge is -2.07. The minimum Gasteiger partial charge on any atom is -0.436 e. The van der Waals surface area contributed by atoms with Crippen molar-refractivity contribution < 1.29 is 4.42 Å². The number of aromatic nitrogens is 1. The van der Waals surface area contributed by atoms with E-state index in [4.69, 9.17) is 4.42 Å². The van der Waals surface area contributed by atoms with Crippen LogP contribution < -0.4 is 5.32 Å². The summed E-state index contributed by atoms with van der Waals surface area (Å²) in [4.78, 5) is 4.54. The number of anilines is 1. The number of oxazole rings is 1. The summed E-state index contributed by atoms with van der Waals surface area (Å²) >= 11 is 0. The van der Waals surface area contributed by atoms with E-state index in [1.807, 2.05) is 48.5 Å². The lowest BCUT2D eigenvalue weighted by Crippen LogP contribution is -1.95. The standard InChI is InChI=1S/C23H20N2O/c1-2-24-19-12-8-11-18(15-19)22-16-25-23(26-22)21-14-7-6-13-20(21)17-9-4-3-5-10-17/h3-16,24H,2H2,1H3. The van der Waals surface area contributed by atoms with Crippen molar-refractivity contribution in [2.75, 3.05) is 11.9 Å². The largest absolute Gasteiger partial charge is 0.436 e. The number of nitrogens with zero attached hydrogens (tertiary/aromatic N) is 1. The maximum absolute atomic E-state index is 6.11. The molecular formula is C23H20N2O. The highest BCUT2D eigenvalue weighted by atomic mass is 16.4. The molecule has 0 unspecified atom stereocenters. The molecule has 3 aromatic carbocycles. The van der Waals surface area contributed by atoms with Crippen molar-refractivity contribution in [3.63, 3.8) is 0 Å². The average Bonchev–Trinajstić information content (AvgIpc) is 3.19. The SMILES string of the molecule is CCNc1cccc(-c2cnc(-c3ccccc3-c3ccccc3)o2)c1. The second-order valence-corrected chi connectivity index (χ2v) is 6.05. The van der Waals surface area contributed by atoms with E-state index < -0.39 is 0 Å². The van der Waals surface area contributed by atoms with Crippen molar-refractivity contribution in [1.29, 1.82) is 0 Å². The van der Waals surface area contributed by atoms with Gasteiger partial charge in [0.25, 0.3) is 0 Å². The molecule has 3 heteroatoms. The number of hydrogen-bond donors (Lipinski definition) is 1. The quantitative estimate of drug-likeness (QED) is 0.476. The molecule has 4 aromatic rings. The van der Waals surface area contributed by atoms with Crippen LogP contribution in [0, 0.1) is 0 Å². The Kier molecular flexibility index (Phi) is 4.52. The third-order valence-electron chi connectivity index (χ3n) is 4.28. The first-order valence-electron chi connectivity index (χ1n) is 8.80. The summed E-state index contributed by atoms with van der Waals surface area (Å²) in [7, 11) is 0. The Bertz CT molecular complexity index is 1010. The molecule has 0 aliphatic carbocycles. The predicted molar refractivity (Wildman–Crippen MR) is 107 cm³/mol. The molecule has 0 saturated carbocycles. The first-order valence-corrected chi connectivity index (χ1v) is 8.80. The van der Waals surface area contributed by atoms with E-state index in [2.05, 4.69) is 47.6 Å². The molecule has 26 heavy (non-hydrogen) atoms. The van der Waals surface area contributed by atoms with Crippen LogP contribution in [0.2, 0.25) is 0 Å². The molecule has 0 spiro atoms. The van der Waals surface area contributed by atoms with Gasteiger partial charge < -0.3 is 9.73 Å². The van der Waals surface area contributed by atoms with Crippen LogP contribution in [0.1, 0.15) is 6.92 Å². The van der Waals surface area contributed by atoms with Crippen molar-refractivity contribution in [3.8, 4) is 33.9 Å². The third-order valence-corrected chi connectivity index (χ3v) is 4.28. The van der Waals surface area contributed by atoms with Crippen molar-refractivity contribution >= 4 is 5.69 Å². The zero-order valence-corrected chi connectivity index (χ0v) is 14.6. The summed E-state index contributed by atoms with van der Waals surface area (Å²) in [6, 6.07) is 26.7. The maximum atomic E-state index is 6.11. The minimum absolute atomic E-state index is 0.633. The molecule has 0 bridgehead atoms. The maximum Gasteiger partial charge on any atom is 0.227 e. The van der Waals surface area contributed by atoms with E-state index >= 15 is 0 Å². The normalized spacial score (nSPS) is 10.7. The molecule has 0 amide bonds. The van der Waals surface area contributed by atoms with Crippen molar-refractivity contribution in [1.82, 2.24) is 4.98 Å². The van der Waals surface area contributed by atoms with E-state index in [0.717, 1.165) is 40.2 Å². The van der Waals surface area contributed by atoms with Gasteiger partial charge in [-0.15, -0.1) is 0 Å². The van der Waals surface area contributed by atoms with Crippen molar-refractivity contribution in [2.24, 2.45) is 0 Å². The fourth-order valence-electron chi connectivity index (χ4n) is 3.06. The van der Waals surface area contributed by atoms with Gasteiger partial charge >= 0.3 is 0 Å². The van der Waals surface area contributed by atoms with E-state index in [9.17, 15) is 0 Å². The Morgan fingerprint density at radius 1 is 0.808 bits per heavy atom. The lowest BCUT2D eigenvalue weighted by atomic mass is 10.00. The molecule has 0 aliphatic rings. The molecule has 1 aromatic heterocycles. The van der Waals surface area contributed by atoms with Crippen LogP contribution in [-0.4, -0.2) is 11.5 Å². The van der Waals surface area contributed by atoms with Crippen LogP contribution in [0.5, 0.6) is 0 Å². The lowest BCUT2D eigenvalue weighted by molar-refractivity contribution is 0.589. The van der Waals surface area contributed by atoms with Gasteiger partial charge in [0.15, 0.2) is 5.76 Å². The molecule has 0 radical (unpaired) electrons. The molecule has 0 atom stereocenters. The second-order valence-electron chi connectivity index (χ2n) is 6.05. The van der Waals surface area contributed by atoms with Crippen LogP contribution in [0.4, 0.5) is 5.69 Å². The van der Waals surface area contributed by atoms with Gasteiger partial charge in [-0.3, -0.25) is 0 Å². The zero-order chi connectivity index (χ0) is 17.8. The van der Waals surface area contributed by atoms with Gasteiger partial charge in [-0.2, -0.15) is 0 Å². The molecule has 128 valence electrons. The van der Waals surface area contributed by atoms with Gasteiger partial charge in [0.2, 0.25) is 5.89 Å². The molecule has 1 N–H and O–H groups in total. The molecule has 0 aliphatic heterocycles. The molecule has 0 fully saturated rings. The highest BCUT2D eigenvalue weighted by molar-refractivity contribution is 5.80. The van der Waals surface area contributed by atoms with Crippen molar-refractivity contribution in [3.05, 3.63) is 85.1 Å². The van der Waals surface area contributed by atoms with Gasteiger partial charge in [-0.1, -0.05) is 60.7 Å². The highest BCUT2D eigenvalue weighted by Crippen LogP contribution is 2.33. The smallest absolute Gasteiger partial charge is 0.227 e. The summed E-state index contributed by atoms with van der Waals surface area (Å²) < 4.78 is 6.11. The molecule has 1 heterocycles. The number of benzene rings is 3. The highest BCUT2D eigenvalue weighted by Gasteiger charge is 2.13. The average molecular weight is 340 g/mol. The van der Waals surface area contributed by atoms with E-state index in [-0.39, 0.29) is 0 Å². The second kappa shape index (κ2) is 7.28. The van der Waals surface area contributed by atoms with Crippen molar-refractivity contribution in [2.45, 2.75) is 6.92 Å². The Balaban J connectivity index is 1.73. The van der Waals surface area contributed by atoms with Gasteiger partial charge in [0, 0.05) is 23.4 Å². The van der Waals surface area contributed by atoms with Crippen LogP contribution in [0.25, 0.3) is 33.9 Å². The predicted octanol–water partition coefficient (Wildman–Crippen LogP) is 6.11. The Morgan fingerprint density at radius 3 is 2.35 bits per heavy atom. The molecule has 0 saturated heterocycles. The van der Waals surface area contributed by atoms with E-state index in [1.165, 1.54) is 0 Å². The number of nitrogens with one attached hydrogen (secondary N) is 1. The Labute approximate surface area is 153 Å². The monoisotopic (exact) mass is 340 g/mol. The number of hydrogen-bond acceptors (Lipinski definition) is 3. The van der Waals surface area contributed by atoms with Crippen LogP contribution in [0.3, 0.4) is 0 Å². The van der Waals surface area contributed by atoms with Crippen LogP contribution >= 0.6 is 0 Å². The van der Waals surface area contributed by atoms with Gasteiger partial charge in [0.1, 0.15) is 0 Å². The van der Waals surface area contributed by atoms with Gasteiger partial charge in [-0.05, 0) is 36.2 Å².